The molecule has 2 N–H and O–H groups in total. The third-order valence-corrected chi connectivity index (χ3v) is 15.5. The third-order valence-electron chi connectivity index (χ3n) is 14.0. The highest BCUT2D eigenvalue weighted by Gasteiger charge is 2.34. The zero-order valence-corrected chi connectivity index (χ0v) is 51.8. The van der Waals surface area contributed by atoms with Gasteiger partial charge in [-0.15, -0.1) is 0 Å². The summed E-state index contributed by atoms with van der Waals surface area (Å²) < 4.78 is 26.6. The number of fused-ring (bicyclic) bond motifs is 3. The van der Waals surface area contributed by atoms with E-state index in [4.69, 9.17) is 52.1 Å². The van der Waals surface area contributed by atoms with Gasteiger partial charge in [-0.1, -0.05) is 83.9 Å². The van der Waals surface area contributed by atoms with Gasteiger partial charge in [0.1, 0.15) is 31.6 Å². The van der Waals surface area contributed by atoms with Crippen molar-refractivity contribution < 1.29 is 42.9 Å². The first-order valence-electron chi connectivity index (χ1n) is 27.1. The Kier molecular flexibility index (Phi) is 19.4. The van der Waals surface area contributed by atoms with Crippen molar-refractivity contribution in [2.45, 2.75) is 104 Å². The number of carbonyl (C=O) groups is 5. The van der Waals surface area contributed by atoms with Crippen LogP contribution in [0.2, 0.25) is 10.0 Å². The van der Waals surface area contributed by atoms with Crippen LogP contribution in [0.15, 0.2) is 95.8 Å². The number of piperidine rings is 2. The summed E-state index contributed by atoms with van der Waals surface area (Å²) in [6, 6.07) is 26.7. The number of halogens is 3. The van der Waals surface area contributed by atoms with E-state index in [1.807, 2.05) is 99.2 Å². The summed E-state index contributed by atoms with van der Waals surface area (Å²) in [4.78, 5) is 93.7. The molecule has 2 aliphatic rings. The van der Waals surface area contributed by atoms with Crippen LogP contribution < -0.4 is 30.9 Å². The van der Waals surface area contributed by atoms with Gasteiger partial charge in [0.15, 0.2) is 0 Å². The third kappa shape index (κ3) is 14.4. The van der Waals surface area contributed by atoms with Crippen LogP contribution in [-0.4, -0.2) is 124 Å². The number of nitrogens with one attached hydrogen (secondary N) is 2. The lowest BCUT2D eigenvalue weighted by molar-refractivity contribution is 0.0488. The van der Waals surface area contributed by atoms with Crippen LogP contribution in [0, 0.1) is 3.70 Å². The summed E-state index contributed by atoms with van der Waals surface area (Å²) in [7, 11) is 5.88. The molecule has 5 heterocycles. The fourth-order valence-electron chi connectivity index (χ4n) is 10.3. The molecule has 0 spiro atoms. The van der Waals surface area contributed by atoms with Crippen molar-refractivity contribution in [3.63, 3.8) is 0 Å². The number of pyridine rings is 1. The molecule has 3 aromatic heterocycles. The molecule has 2 saturated heterocycles. The number of anilines is 3. The summed E-state index contributed by atoms with van der Waals surface area (Å²) in [5.74, 6) is -0.242. The number of hydrogen-bond acceptors (Lipinski definition) is 14. The van der Waals surface area contributed by atoms with E-state index in [1.54, 1.807) is 56.6 Å². The Morgan fingerprint density at radius 2 is 1.14 bits per heavy atom. The van der Waals surface area contributed by atoms with E-state index < -0.39 is 35.3 Å². The molecule has 9 rings (SSSR count). The second-order valence-electron chi connectivity index (χ2n) is 22.3. The van der Waals surface area contributed by atoms with Gasteiger partial charge in [-0.3, -0.25) is 9.59 Å². The summed E-state index contributed by atoms with van der Waals surface area (Å²) >= 11 is 15.2. The number of benzene rings is 4. The molecule has 2 aliphatic heterocycles. The summed E-state index contributed by atoms with van der Waals surface area (Å²) in [6.07, 6.45) is 2.26. The lowest BCUT2D eigenvalue weighted by atomic mass is 10.1. The zero-order chi connectivity index (χ0) is 60.1. The fourth-order valence-corrected chi connectivity index (χ4v) is 11.4. The van der Waals surface area contributed by atoms with E-state index in [1.165, 1.54) is 23.7 Å². The number of aryl methyl sites for hydroxylation is 1. The number of para-hydroxylation sites is 2. The minimum Gasteiger partial charge on any atom is -0.465 e. The molecule has 2 atom stereocenters. The number of hydrogen-bond donors (Lipinski definition) is 2. The average Bonchev–Trinajstić information content (AvgIpc) is 2.02. The second-order valence-corrected chi connectivity index (χ2v) is 24.1. The van der Waals surface area contributed by atoms with Gasteiger partial charge in [0.2, 0.25) is 11.9 Å². The quantitative estimate of drug-likeness (QED) is 0.0662. The Morgan fingerprint density at radius 3 is 1.67 bits per heavy atom. The van der Waals surface area contributed by atoms with Gasteiger partial charge in [-0.2, -0.15) is 0 Å². The molecule has 0 radical (unpaired) electrons. The number of alkyl carbamates (subject to hydrolysis) is 2. The predicted molar refractivity (Wildman–Crippen MR) is 330 cm³/mol. The maximum absolute atomic E-state index is 14.1. The number of nitrogens with zero attached hydrogens (tertiary/aromatic N) is 8. The van der Waals surface area contributed by atoms with E-state index in [2.05, 4.69) is 43.0 Å². The Labute approximate surface area is 505 Å². The topological polar surface area (TPSA) is 214 Å². The monoisotopic (exact) mass is 1290 g/mol. The standard InChI is InChI=1S/C30H35ClIN5O5.C30H34ClN5O5/c1-30(2,3)42-29(40)33-20-12-10-16-36(18-20)28-34-25(32)24(37(28)17-19-11-6-8-14-22(19)31)26(38)35(4)23-15-9-7-13-21(23)27(39)41-5;1-30(2,3)41-29(39)32-19-11-9-15-35(17-19)28-33-23-20-12-8-13-21(27(38)40-5)24(20)34(4)26(37)25(23)36(28)16-18-10-6-7-14-22(18)31/h6-9,11,13-15,20H,10,12,16-18H2,1-5H3,(H,33,40);6-8,10,12-14,19H,9,11,15-17H2,1-5H3,(H,32,39)/t20-;19-/m11/s1. The Balaban J connectivity index is 0.000000217. The van der Waals surface area contributed by atoms with E-state index in [9.17, 15) is 28.8 Å². The summed E-state index contributed by atoms with van der Waals surface area (Å²) in [6.45, 7) is 13.9. The SMILES string of the molecule is COC(=O)c1cccc2c3nc(N4CCC[C@@H](NC(=O)OC(C)(C)C)C4)n(Cc4ccccc4Cl)c3c(=O)n(C)c12.COC(=O)c1ccccc1N(C)C(=O)c1c(I)nc(N2CCC[C@@H](NC(=O)OC(C)(C)C)C2)n1Cc1ccccc1Cl. The van der Waals surface area contributed by atoms with E-state index >= 15 is 0 Å². The maximum atomic E-state index is 14.1. The molecule has 0 unspecified atom stereocenters. The Bertz CT molecular complexity index is 3640. The van der Waals surface area contributed by atoms with Gasteiger partial charge in [0, 0.05) is 67.8 Å². The molecule has 20 nitrogen and oxygen atoms in total. The number of amides is 3. The Hall–Kier alpha value is -7.37. The zero-order valence-electron chi connectivity index (χ0n) is 48.2. The minimum atomic E-state index is -0.606. The van der Waals surface area contributed by atoms with Crippen molar-refractivity contribution in [1.82, 2.24) is 34.3 Å². The number of methoxy groups -OCH3 is 2. The maximum Gasteiger partial charge on any atom is 0.407 e. The first-order valence-corrected chi connectivity index (χ1v) is 29.0. The molecule has 2 fully saturated rings. The van der Waals surface area contributed by atoms with Crippen molar-refractivity contribution in [3.8, 4) is 0 Å². The lowest BCUT2D eigenvalue weighted by Crippen LogP contribution is -2.49. The van der Waals surface area contributed by atoms with Crippen molar-refractivity contribution in [3.05, 3.63) is 143 Å². The van der Waals surface area contributed by atoms with Crippen molar-refractivity contribution >= 4 is 115 Å². The van der Waals surface area contributed by atoms with Crippen LogP contribution >= 0.6 is 45.8 Å². The highest BCUT2D eigenvalue weighted by atomic mass is 127. The van der Waals surface area contributed by atoms with Crippen LogP contribution in [-0.2, 0) is 39.1 Å². The number of ether oxygens (including phenoxy) is 4. The van der Waals surface area contributed by atoms with Crippen LogP contribution in [0.4, 0.5) is 27.2 Å². The fraction of sp³-hybridized carbons (Fsp3) is 0.400. The smallest absolute Gasteiger partial charge is 0.407 e. The molecule has 0 saturated carbocycles. The van der Waals surface area contributed by atoms with E-state index in [0.717, 1.165) is 36.8 Å². The predicted octanol–water partition coefficient (Wildman–Crippen LogP) is 10.6. The largest absolute Gasteiger partial charge is 0.465 e. The molecule has 0 bridgehead atoms. The van der Waals surface area contributed by atoms with Crippen LogP contribution in [0.25, 0.3) is 21.9 Å². The van der Waals surface area contributed by atoms with Crippen molar-refractivity contribution in [1.29, 1.82) is 0 Å². The first-order chi connectivity index (χ1) is 39.4. The molecule has 83 heavy (non-hydrogen) atoms. The molecule has 3 amide bonds. The number of carbonyl (C=O) groups excluding carboxylic acids is 5. The number of aromatic nitrogens is 5. The molecule has 440 valence electrons. The van der Waals surface area contributed by atoms with Crippen molar-refractivity contribution in [2.75, 3.05) is 62.1 Å². The highest BCUT2D eigenvalue weighted by molar-refractivity contribution is 14.1. The lowest BCUT2D eigenvalue weighted by Gasteiger charge is -2.34. The van der Waals surface area contributed by atoms with Gasteiger partial charge in [-0.25, -0.2) is 29.1 Å². The van der Waals surface area contributed by atoms with E-state index in [0.29, 0.717) is 98.2 Å². The molecule has 7 aromatic rings. The number of imidazole rings is 2. The number of esters is 2. The first kappa shape index (κ1) is 61.7. The van der Waals surface area contributed by atoms with E-state index in [-0.39, 0.29) is 34.7 Å². The average molecular weight is 1290 g/mol. The summed E-state index contributed by atoms with van der Waals surface area (Å²) in [5, 5.41) is 7.77. The van der Waals surface area contributed by atoms with Gasteiger partial charge in [0.05, 0.1) is 49.6 Å². The molecular weight excluding hydrogens is 1220 g/mol. The number of rotatable bonds is 12. The van der Waals surface area contributed by atoms with Gasteiger partial charge in [0.25, 0.3) is 11.5 Å². The van der Waals surface area contributed by atoms with Gasteiger partial charge >= 0.3 is 24.1 Å². The second kappa shape index (κ2) is 26.0. The Morgan fingerprint density at radius 1 is 0.663 bits per heavy atom. The van der Waals surface area contributed by atoms with Gasteiger partial charge < -0.3 is 58.0 Å². The highest BCUT2D eigenvalue weighted by Crippen LogP contribution is 2.34. The molecule has 23 heteroatoms. The minimum absolute atomic E-state index is 0.162. The van der Waals surface area contributed by atoms with Crippen LogP contribution in [0.5, 0.6) is 0 Å². The van der Waals surface area contributed by atoms with Gasteiger partial charge in [-0.05, 0) is 131 Å². The normalized spacial score (nSPS) is 15.5. The van der Waals surface area contributed by atoms with Crippen LogP contribution in [0.3, 0.4) is 0 Å². The molecule has 0 aliphatic carbocycles. The van der Waals surface area contributed by atoms with Crippen molar-refractivity contribution in [2.24, 2.45) is 7.05 Å². The van der Waals surface area contributed by atoms with Crippen LogP contribution in [0.1, 0.15) is 110 Å². The molecule has 4 aromatic carbocycles. The molecular formula is C60H69Cl2IN10O10. The summed E-state index contributed by atoms with van der Waals surface area (Å²) in [5.41, 5.74) is 2.82.